The zero-order valence-corrected chi connectivity index (χ0v) is 14.3. The van der Waals surface area contributed by atoms with Gasteiger partial charge in [0.05, 0.1) is 0 Å². The third-order valence-electron chi connectivity index (χ3n) is 3.57. The molecule has 0 fully saturated rings. The first-order valence-electron chi connectivity index (χ1n) is 7.89. The summed E-state index contributed by atoms with van der Waals surface area (Å²) in [5.74, 6) is -9.81. The van der Waals surface area contributed by atoms with Crippen molar-refractivity contribution >= 4 is 29.2 Å². The highest BCUT2D eigenvalue weighted by atomic mass is 19.2. The Hall–Kier alpha value is -2.98. The van der Waals surface area contributed by atoms with Crippen LogP contribution in [-0.2, 0) is 19.1 Å². The number of hydrogen-bond donors (Lipinski definition) is 1. The first kappa shape index (κ1) is 20.3. The molecule has 1 N–H and O–H groups in total. The minimum atomic E-state index is -1.84. The van der Waals surface area contributed by atoms with E-state index in [9.17, 15) is 31.9 Å². The van der Waals surface area contributed by atoms with Gasteiger partial charge in [0.2, 0.25) is 5.91 Å². The Labute approximate surface area is 151 Å². The standard InChI is InChI=1S/C16H15F4N3O4/c1-3-21-15(25)7(2)27-16(26)10-4-5-11(24)23(22-10)14-12(19)8(17)6-9(18)13(14)20/h6-7H,3-5H2,1-2H3,(H,21,25)/t7-/m1/s1. The van der Waals surface area contributed by atoms with Crippen molar-refractivity contribution in [3.8, 4) is 0 Å². The van der Waals surface area contributed by atoms with E-state index in [2.05, 4.69) is 10.4 Å². The van der Waals surface area contributed by atoms with E-state index in [1.54, 1.807) is 6.92 Å². The van der Waals surface area contributed by atoms with Crippen LogP contribution >= 0.6 is 0 Å². The fourth-order valence-electron chi connectivity index (χ4n) is 2.22. The van der Waals surface area contributed by atoms with Crippen molar-refractivity contribution in [2.45, 2.75) is 32.8 Å². The van der Waals surface area contributed by atoms with Crippen molar-refractivity contribution in [3.05, 3.63) is 29.3 Å². The number of hydrazone groups is 1. The van der Waals surface area contributed by atoms with Gasteiger partial charge >= 0.3 is 5.97 Å². The van der Waals surface area contributed by atoms with Crippen molar-refractivity contribution in [1.29, 1.82) is 0 Å². The zero-order valence-electron chi connectivity index (χ0n) is 14.3. The number of amides is 2. The molecule has 27 heavy (non-hydrogen) atoms. The number of halogens is 4. The minimum absolute atomic E-state index is 0.0184. The topological polar surface area (TPSA) is 88.1 Å². The molecule has 0 aromatic heterocycles. The Morgan fingerprint density at radius 1 is 1.22 bits per heavy atom. The van der Waals surface area contributed by atoms with E-state index in [0.717, 1.165) is 0 Å². The molecule has 0 bridgehead atoms. The van der Waals surface area contributed by atoms with Gasteiger partial charge in [-0.05, 0) is 13.8 Å². The molecule has 0 radical (unpaired) electrons. The number of benzene rings is 1. The van der Waals surface area contributed by atoms with Crippen molar-refractivity contribution in [2.75, 3.05) is 11.6 Å². The number of carbonyl (C=O) groups excluding carboxylic acids is 3. The summed E-state index contributed by atoms with van der Waals surface area (Å²) in [5, 5.41) is 5.97. The number of nitrogens with zero attached hydrogens (tertiary/aromatic N) is 2. The Kier molecular flexibility index (Phi) is 6.13. The van der Waals surface area contributed by atoms with E-state index in [4.69, 9.17) is 4.74 Å². The first-order chi connectivity index (χ1) is 12.7. The van der Waals surface area contributed by atoms with Crippen LogP contribution in [-0.4, -0.2) is 36.1 Å². The molecule has 1 aliphatic heterocycles. The second-order valence-corrected chi connectivity index (χ2v) is 5.51. The molecular formula is C16H15F4N3O4. The SMILES string of the molecule is CCNC(=O)[C@@H](C)OC(=O)C1=NN(c2c(F)c(F)cc(F)c2F)C(=O)CC1. The van der Waals surface area contributed by atoms with Crippen molar-refractivity contribution in [2.24, 2.45) is 5.10 Å². The Morgan fingerprint density at radius 2 is 1.81 bits per heavy atom. The number of anilines is 1. The number of nitrogens with one attached hydrogen (secondary N) is 1. The highest BCUT2D eigenvalue weighted by Crippen LogP contribution is 2.30. The smallest absolute Gasteiger partial charge is 0.355 e. The summed E-state index contributed by atoms with van der Waals surface area (Å²) in [7, 11) is 0. The van der Waals surface area contributed by atoms with Crippen LogP contribution in [0.3, 0.4) is 0 Å². The van der Waals surface area contributed by atoms with Crippen LogP contribution in [0.4, 0.5) is 23.2 Å². The second-order valence-electron chi connectivity index (χ2n) is 5.51. The quantitative estimate of drug-likeness (QED) is 0.473. The summed E-state index contributed by atoms with van der Waals surface area (Å²) in [4.78, 5) is 35.6. The molecule has 7 nitrogen and oxygen atoms in total. The van der Waals surface area contributed by atoms with Crippen molar-refractivity contribution in [3.63, 3.8) is 0 Å². The van der Waals surface area contributed by atoms with E-state index >= 15 is 0 Å². The fraction of sp³-hybridized carbons (Fsp3) is 0.375. The molecule has 2 amide bonds. The number of ether oxygens (including phenoxy) is 1. The first-order valence-corrected chi connectivity index (χ1v) is 7.89. The minimum Gasteiger partial charge on any atom is -0.448 e. The zero-order chi connectivity index (χ0) is 20.3. The van der Waals surface area contributed by atoms with Crippen LogP contribution in [0.15, 0.2) is 11.2 Å². The molecule has 1 aromatic rings. The third-order valence-corrected chi connectivity index (χ3v) is 3.57. The van der Waals surface area contributed by atoms with Crippen molar-refractivity contribution < 1.29 is 36.7 Å². The van der Waals surface area contributed by atoms with Crippen LogP contribution in [0.2, 0.25) is 0 Å². The summed E-state index contributed by atoms with van der Waals surface area (Å²) >= 11 is 0. The van der Waals surface area contributed by atoms with Gasteiger partial charge in [0.1, 0.15) is 11.4 Å². The number of esters is 1. The predicted molar refractivity (Wildman–Crippen MR) is 84.7 cm³/mol. The predicted octanol–water partition coefficient (Wildman–Crippen LogP) is 1.79. The number of likely N-dealkylation sites (N-methyl/N-ethyl adjacent to an activating group) is 1. The highest BCUT2D eigenvalue weighted by Gasteiger charge is 2.33. The molecule has 0 saturated carbocycles. The van der Waals surface area contributed by atoms with Crippen molar-refractivity contribution in [1.82, 2.24) is 5.32 Å². The van der Waals surface area contributed by atoms with Gasteiger partial charge in [0.15, 0.2) is 29.4 Å². The molecule has 0 aliphatic carbocycles. The van der Waals surface area contributed by atoms with E-state index in [-0.39, 0.29) is 17.5 Å². The lowest BCUT2D eigenvalue weighted by molar-refractivity contribution is -0.148. The van der Waals surface area contributed by atoms with Gasteiger partial charge in [-0.3, -0.25) is 9.59 Å². The Morgan fingerprint density at radius 3 is 2.37 bits per heavy atom. The van der Waals surface area contributed by atoms with Gasteiger partial charge in [-0.25, -0.2) is 22.4 Å². The molecule has 11 heteroatoms. The normalized spacial score (nSPS) is 15.3. The van der Waals surface area contributed by atoms with Crippen LogP contribution < -0.4 is 10.3 Å². The van der Waals surface area contributed by atoms with Gasteiger partial charge in [-0.1, -0.05) is 0 Å². The largest absolute Gasteiger partial charge is 0.448 e. The molecule has 2 rings (SSSR count). The molecule has 0 unspecified atom stereocenters. The lowest BCUT2D eigenvalue weighted by atomic mass is 10.1. The maximum absolute atomic E-state index is 13.9. The molecule has 1 atom stereocenters. The highest BCUT2D eigenvalue weighted by molar-refractivity contribution is 6.38. The number of rotatable bonds is 5. The molecule has 146 valence electrons. The summed E-state index contributed by atoms with van der Waals surface area (Å²) < 4.78 is 59.5. The molecule has 1 heterocycles. The maximum atomic E-state index is 13.9. The van der Waals surface area contributed by atoms with Crippen LogP contribution in [0.25, 0.3) is 0 Å². The molecule has 1 aliphatic rings. The van der Waals surface area contributed by atoms with E-state index < -0.39 is 65.0 Å². The summed E-state index contributed by atoms with van der Waals surface area (Å²) in [6, 6.07) is -0.0184. The van der Waals surface area contributed by atoms with Gasteiger partial charge in [0, 0.05) is 25.5 Å². The molecule has 0 spiro atoms. The second kappa shape index (κ2) is 8.14. The summed E-state index contributed by atoms with van der Waals surface area (Å²) in [6.45, 7) is 3.24. The molecule has 1 aromatic carbocycles. The fourth-order valence-corrected chi connectivity index (χ4v) is 2.22. The Balaban J connectivity index is 2.33. The van der Waals surface area contributed by atoms with E-state index in [1.807, 2.05) is 0 Å². The average molecular weight is 389 g/mol. The van der Waals surface area contributed by atoms with Gasteiger partial charge in [-0.2, -0.15) is 10.1 Å². The van der Waals surface area contributed by atoms with Crippen LogP contribution in [0.5, 0.6) is 0 Å². The number of hydrogen-bond acceptors (Lipinski definition) is 5. The summed E-state index contributed by atoms with van der Waals surface area (Å²) in [5.41, 5.74) is -1.81. The van der Waals surface area contributed by atoms with Gasteiger partial charge in [0.25, 0.3) is 5.91 Å². The van der Waals surface area contributed by atoms with E-state index in [0.29, 0.717) is 6.54 Å². The average Bonchev–Trinajstić information content (AvgIpc) is 2.61. The monoisotopic (exact) mass is 389 g/mol. The van der Waals surface area contributed by atoms with Gasteiger partial charge in [-0.15, -0.1) is 0 Å². The van der Waals surface area contributed by atoms with E-state index in [1.165, 1.54) is 6.92 Å². The van der Waals surface area contributed by atoms with Gasteiger partial charge < -0.3 is 10.1 Å². The summed E-state index contributed by atoms with van der Waals surface area (Å²) in [6.07, 6.45) is -1.84. The lowest BCUT2D eigenvalue weighted by Gasteiger charge is -2.24. The lowest BCUT2D eigenvalue weighted by Crippen LogP contribution is -2.40. The molecular weight excluding hydrogens is 374 g/mol. The maximum Gasteiger partial charge on any atom is 0.355 e. The van der Waals surface area contributed by atoms with Crippen LogP contribution in [0, 0.1) is 23.3 Å². The number of carbonyl (C=O) groups is 3. The Bertz CT molecular complexity index is 802. The van der Waals surface area contributed by atoms with Crippen LogP contribution in [0.1, 0.15) is 26.7 Å². The third kappa shape index (κ3) is 4.23. The molecule has 0 saturated heterocycles.